The standard InChI is InChI=1S/C24H20N2O3/c1-24(2)15-28-21-13-19(7-8-20(21)23(24)27)29-22(18-9-11-26-12-10-18)17-5-3-16(14-25)4-6-17/h3-13,22H,15H2,1-2H3/t22-/m1/s1. The summed E-state index contributed by atoms with van der Waals surface area (Å²) in [5.74, 6) is 1.21. The highest BCUT2D eigenvalue weighted by atomic mass is 16.5. The van der Waals surface area contributed by atoms with Crippen LogP contribution in [0.25, 0.3) is 0 Å². The molecule has 2 aromatic carbocycles. The zero-order valence-electron chi connectivity index (χ0n) is 16.3. The van der Waals surface area contributed by atoms with Crippen LogP contribution in [0.3, 0.4) is 0 Å². The van der Waals surface area contributed by atoms with E-state index in [2.05, 4.69) is 11.1 Å². The fraction of sp³-hybridized carbons (Fsp3) is 0.208. The van der Waals surface area contributed by atoms with Gasteiger partial charge in [0.15, 0.2) is 5.78 Å². The van der Waals surface area contributed by atoms with Gasteiger partial charge in [-0.3, -0.25) is 9.78 Å². The summed E-state index contributed by atoms with van der Waals surface area (Å²) in [7, 11) is 0. The summed E-state index contributed by atoms with van der Waals surface area (Å²) in [4.78, 5) is 16.7. The van der Waals surface area contributed by atoms with Crippen LogP contribution in [-0.2, 0) is 0 Å². The lowest BCUT2D eigenvalue weighted by Crippen LogP contribution is -2.35. The van der Waals surface area contributed by atoms with Crippen molar-refractivity contribution in [3.8, 4) is 17.6 Å². The predicted octanol–water partition coefficient (Wildman–Crippen LogP) is 4.72. The van der Waals surface area contributed by atoms with Gasteiger partial charge in [-0.25, -0.2) is 0 Å². The van der Waals surface area contributed by atoms with Crippen molar-refractivity contribution in [3.05, 3.63) is 89.2 Å². The zero-order valence-corrected chi connectivity index (χ0v) is 16.3. The van der Waals surface area contributed by atoms with Crippen LogP contribution in [0.15, 0.2) is 67.0 Å². The number of carbonyl (C=O) groups is 1. The van der Waals surface area contributed by atoms with E-state index in [1.807, 2.05) is 38.1 Å². The largest absolute Gasteiger partial charge is 0.492 e. The van der Waals surface area contributed by atoms with E-state index in [-0.39, 0.29) is 11.9 Å². The fourth-order valence-corrected chi connectivity index (χ4v) is 3.31. The first kappa shape index (κ1) is 18.7. The van der Waals surface area contributed by atoms with Crippen LogP contribution < -0.4 is 9.47 Å². The molecule has 1 aliphatic rings. The van der Waals surface area contributed by atoms with Crippen LogP contribution in [0, 0.1) is 16.7 Å². The van der Waals surface area contributed by atoms with Gasteiger partial charge in [0, 0.05) is 18.5 Å². The fourth-order valence-electron chi connectivity index (χ4n) is 3.31. The lowest BCUT2D eigenvalue weighted by Gasteiger charge is -2.30. The monoisotopic (exact) mass is 384 g/mol. The Morgan fingerprint density at radius 1 is 1.07 bits per heavy atom. The molecular weight excluding hydrogens is 364 g/mol. The van der Waals surface area contributed by atoms with Gasteiger partial charge in [0.2, 0.25) is 0 Å². The van der Waals surface area contributed by atoms with Gasteiger partial charge in [-0.05, 0) is 61.4 Å². The number of ether oxygens (including phenoxy) is 2. The highest BCUT2D eigenvalue weighted by molar-refractivity contribution is 6.03. The molecule has 0 N–H and O–H groups in total. The average Bonchev–Trinajstić information content (AvgIpc) is 2.76. The summed E-state index contributed by atoms with van der Waals surface area (Å²) < 4.78 is 12.1. The third kappa shape index (κ3) is 3.70. The highest BCUT2D eigenvalue weighted by Crippen LogP contribution is 2.38. The third-order valence-electron chi connectivity index (χ3n) is 5.01. The zero-order chi connectivity index (χ0) is 20.4. The van der Waals surface area contributed by atoms with Gasteiger partial charge in [-0.2, -0.15) is 5.26 Å². The van der Waals surface area contributed by atoms with Gasteiger partial charge >= 0.3 is 0 Å². The normalized spacial score (nSPS) is 15.6. The van der Waals surface area contributed by atoms with E-state index in [0.717, 1.165) is 11.1 Å². The van der Waals surface area contributed by atoms with Crippen molar-refractivity contribution in [2.45, 2.75) is 20.0 Å². The number of carbonyl (C=O) groups excluding carboxylic acids is 1. The molecule has 5 heteroatoms. The molecule has 0 unspecified atom stereocenters. The molecule has 0 saturated heterocycles. The summed E-state index contributed by atoms with van der Waals surface area (Å²) >= 11 is 0. The quantitative estimate of drug-likeness (QED) is 0.651. The third-order valence-corrected chi connectivity index (χ3v) is 5.01. The Morgan fingerprint density at radius 3 is 2.45 bits per heavy atom. The molecule has 0 fully saturated rings. The number of ketones is 1. The second-order valence-corrected chi connectivity index (χ2v) is 7.67. The molecule has 0 radical (unpaired) electrons. The molecule has 1 aliphatic heterocycles. The van der Waals surface area contributed by atoms with Crippen LogP contribution in [0.4, 0.5) is 0 Å². The van der Waals surface area contributed by atoms with Gasteiger partial charge in [-0.1, -0.05) is 12.1 Å². The summed E-state index contributed by atoms with van der Waals surface area (Å²) in [6, 6.07) is 18.5. The number of fused-ring (bicyclic) bond motifs is 1. The first-order valence-electron chi connectivity index (χ1n) is 9.36. The lowest BCUT2D eigenvalue weighted by molar-refractivity contribution is 0.0691. The Balaban J connectivity index is 1.68. The molecule has 29 heavy (non-hydrogen) atoms. The van der Waals surface area contributed by atoms with Crippen molar-refractivity contribution in [1.82, 2.24) is 4.98 Å². The minimum Gasteiger partial charge on any atom is -0.492 e. The van der Waals surface area contributed by atoms with Crippen LogP contribution in [0.1, 0.15) is 47.0 Å². The molecule has 3 aromatic rings. The van der Waals surface area contributed by atoms with Crippen LogP contribution >= 0.6 is 0 Å². The number of rotatable bonds is 4. The van der Waals surface area contributed by atoms with Crippen molar-refractivity contribution in [2.24, 2.45) is 5.41 Å². The van der Waals surface area contributed by atoms with E-state index in [1.54, 1.807) is 42.7 Å². The van der Waals surface area contributed by atoms with E-state index < -0.39 is 5.41 Å². The van der Waals surface area contributed by atoms with Gasteiger partial charge < -0.3 is 9.47 Å². The molecule has 0 bridgehead atoms. The molecule has 2 heterocycles. The minimum atomic E-state index is -0.530. The van der Waals surface area contributed by atoms with Crippen molar-refractivity contribution in [3.63, 3.8) is 0 Å². The summed E-state index contributed by atoms with van der Waals surface area (Å²) in [6.45, 7) is 4.10. The van der Waals surface area contributed by atoms with Gasteiger partial charge in [0.05, 0.1) is 22.6 Å². The Kier molecular flexibility index (Phi) is 4.77. The van der Waals surface area contributed by atoms with E-state index in [4.69, 9.17) is 14.7 Å². The Morgan fingerprint density at radius 2 is 1.76 bits per heavy atom. The van der Waals surface area contributed by atoms with Crippen LogP contribution in [0.5, 0.6) is 11.5 Å². The second-order valence-electron chi connectivity index (χ2n) is 7.67. The molecule has 0 aliphatic carbocycles. The van der Waals surface area contributed by atoms with Gasteiger partial charge in [-0.15, -0.1) is 0 Å². The smallest absolute Gasteiger partial charge is 0.175 e. The van der Waals surface area contributed by atoms with Gasteiger partial charge in [0.1, 0.15) is 24.2 Å². The van der Waals surface area contributed by atoms with Crippen molar-refractivity contribution >= 4 is 5.78 Å². The first-order valence-corrected chi connectivity index (χ1v) is 9.36. The number of nitrogens with zero attached hydrogens (tertiary/aromatic N) is 2. The van der Waals surface area contributed by atoms with Gasteiger partial charge in [0.25, 0.3) is 0 Å². The van der Waals surface area contributed by atoms with Crippen molar-refractivity contribution < 1.29 is 14.3 Å². The Labute approximate surface area is 169 Å². The number of hydrogen-bond donors (Lipinski definition) is 0. The van der Waals surface area contributed by atoms with E-state index in [1.165, 1.54) is 0 Å². The molecule has 5 nitrogen and oxygen atoms in total. The van der Waals surface area contributed by atoms with E-state index in [9.17, 15) is 4.79 Å². The summed E-state index contributed by atoms with van der Waals surface area (Å²) in [5.41, 5.74) is 2.47. The number of aromatic nitrogens is 1. The molecule has 0 spiro atoms. The molecule has 1 atom stereocenters. The maximum absolute atomic E-state index is 12.6. The number of hydrogen-bond acceptors (Lipinski definition) is 5. The van der Waals surface area contributed by atoms with Crippen LogP contribution in [-0.4, -0.2) is 17.4 Å². The molecule has 0 amide bonds. The van der Waals surface area contributed by atoms with Crippen LogP contribution in [0.2, 0.25) is 0 Å². The highest BCUT2D eigenvalue weighted by Gasteiger charge is 2.36. The Hall–Kier alpha value is -3.65. The number of pyridine rings is 1. The first-order chi connectivity index (χ1) is 14.0. The maximum atomic E-state index is 12.6. The topological polar surface area (TPSA) is 72.2 Å². The molecule has 4 rings (SSSR count). The van der Waals surface area contributed by atoms with E-state index in [0.29, 0.717) is 29.2 Å². The lowest BCUT2D eigenvalue weighted by atomic mass is 9.83. The average molecular weight is 384 g/mol. The molecule has 0 saturated carbocycles. The SMILES string of the molecule is CC1(C)COc2cc(O[C@@H](c3ccncc3)c3ccc(C#N)cc3)ccc2C1=O. The second kappa shape index (κ2) is 7.40. The van der Waals surface area contributed by atoms with Crippen molar-refractivity contribution in [1.29, 1.82) is 5.26 Å². The molecule has 144 valence electrons. The predicted molar refractivity (Wildman–Crippen MR) is 108 cm³/mol. The summed E-state index contributed by atoms with van der Waals surface area (Å²) in [6.07, 6.45) is 3.04. The number of Topliss-reactive ketones (excluding diaryl/α,β-unsaturated/α-hetero) is 1. The molecular formula is C24H20N2O3. The minimum absolute atomic E-state index is 0.0723. The van der Waals surface area contributed by atoms with Crippen molar-refractivity contribution in [2.75, 3.05) is 6.61 Å². The summed E-state index contributed by atoms with van der Waals surface area (Å²) in [5, 5.41) is 9.06. The molecule has 1 aromatic heterocycles. The van der Waals surface area contributed by atoms with E-state index >= 15 is 0 Å². The Bertz CT molecular complexity index is 1080. The number of nitriles is 1. The number of benzene rings is 2. The maximum Gasteiger partial charge on any atom is 0.175 e.